The van der Waals surface area contributed by atoms with E-state index in [1.165, 1.54) is 0 Å². The maximum absolute atomic E-state index is 11.2. The number of benzene rings is 1. The maximum atomic E-state index is 11.2. The molecule has 98 valence electrons. The second kappa shape index (κ2) is 4.76. The van der Waals surface area contributed by atoms with E-state index in [-0.39, 0.29) is 0 Å². The molecular weight excluding hydrogens is 244 g/mol. The number of nitrogens with zero attached hydrogens (tertiary/aromatic N) is 2. The molecule has 3 rings (SSSR count). The lowest BCUT2D eigenvalue weighted by Gasteiger charge is -2.34. The number of hydrogen-bond donors (Lipinski definition) is 0. The van der Waals surface area contributed by atoms with Crippen LogP contribution in [0.15, 0.2) is 28.9 Å². The van der Waals surface area contributed by atoms with E-state index < -0.39 is 0 Å². The summed E-state index contributed by atoms with van der Waals surface area (Å²) in [7, 11) is 0. The number of aldehydes is 1. The van der Waals surface area contributed by atoms with Crippen LogP contribution >= 0.6 is 0 Å². The zero-order chi connectivity index (χ0) is 13.2. The van der Waals surface area contributed by atoms with E-state index in [1.807, 2.05) is 18.2 Å². The van der Waals surface area contributed by atoms with Crippen LogP contribution < -0.4 is 4.90 Å². The van der Waals surface area contributed by atoms with E-state index >= 15 is 0 Å². The number of fused-ring (bicyclic) bond motifs is 1. The summed E-state index contributed by atoms with van der Waals surface area (Å²) >= 11 is 0. The van der Waals surface area contributed by atoms with Crippen molar-refractivity contribution in [2.45, 2.75) is 0 Å². The number of rotatable bonds is 3. The SMILES string of the molecule is O=Cc1ccc2ccoc2c1N1CCN(C=O)CC1. The lowest BCUT2D eigenvalue weighted by atomic mass is 10.1. The Labute approximate surface area is 110 Å². The molecule has 0 saturated carbocycles. The highest BCUT2D eigenvalue weighted by Gasteiger charge is 2.21. The number of furan rings is 1. The highest BCUT2D eigenvalue weighted by atomic mass is 16.3. The predicted octanol–water partition coefficient (Wildman–Crippen LogP) is 1.52. The molecule has 1 aliphatic heterocycles. The molecule has 19 heavy (non-hydrogen) atoms. The minimum atomic E-state index is 0.627. The zero-order valence-electron chi connectivity index (χ0n) is 10.4. The van der Waals surface area contributed by atoms with Crippen molar-refractivity contribution >= 4 is 29.4 Å². The van der Waals surface area contributed by atoms with Gasteiger partial charge in [0.25, 0.3) is 0 Å². The fraction of sp³-hybridized carbons (Fsp3) is 0.286. The van der Waals surface area contributed by atoms with Crippen LogP contribution in [0, 0.1) is 0 Å². The number of amides is 1. The summed E-state index contributed by atoms with van der Waals surface area (Å²) in [6.45, 7) is 2.75. The van der Waals surface area contributed by atoms with Gasteiger partial charge in [-0.2, -0.15) is 0 Å². The van der Waals surface area contributed by atoms with Crippen LogP contribution in [0.2, 0.25) is 0 Å². The maximum Gasteiger partial charge on any atom is 0.209 e. The summed E-state index contributed by atoms with van der Waals surface area (Å²) < 4.78 is 5.51. The van der Waals surface area contributed by atoms with Gasteiger partial charge in [0.2, 0.25) is 6.41 Å². The number of anilines is 1. The minimum absolute atomic E-state index is 0.627. The molecule has 2 heterocycles. The van der Waals surface area contributed by atoms with Gasteiger partial charge >= 0.3 is 0 Å². The summed E-state index contributed by atoms with van der Waals surface area (Å²) in [6.07, 6.45) is 3.35. The minimum Gasteiger partial charge on any atom is -0.462 e. The Hall–Kier alpha value is -2.30. The topological polar surface area (TPSA) is 53.8 Å². The van der Waals surface area contributed by atoms with Gasteiger partial charge in [0.1, 0.15) is 0 Å². The zero-order valence-corrected chi connectivity index (χ0v) is 10.4. The fourth-order valence-corrected chi connectivity index (χ4v) is 2.50. The molecule has 1 aromatic heterocycles. The van der Waals surface area contributed by atoms with Crippen LogP contribution in [0.25, 0.3) is 11.0 Å². The molecule has 1 saturated heterocycles. The fourth-order valence-electron chi connectivity index (χ4n) is 2.50. The van der Waals surface area contributed by atoms with Crippen molar-refractivity contribution in [3.05, 3.63) is 30.0 Å². The highest BCUT2D eigenvalue weighted by molar-refractivity contribution is 5.99. The normalized spacial score (nSPS) is 15.8. The van der Waals surface area contributed by atoms with Gasteiger partial charge in [-0.15, -0.1) is 0 Å². The highest BCUT2D eigenvalue weighted by Crippen LogP contribution is 2.31. The second-order valence-electron chi connectivity index (χ2n) is 4.59. The summed E-state index contributed by atoms with van der Waals surface area (Å²) in [4.78, 5) is 25.8. The molecule has 0 spiro atoms. The van der Waals surface area contributed by atoms with Crippen LogP contribution in [0.5, 0.6) is 0 Å². The number of carbonyl (C=O) groups is 2. The first-order valence-electron chi connectivity index (χ1n) is 6.23. The van der Waals surface area contributed by atoms with Crippen molar-refractivity contribution in [1.82, 2.24) is 4.90 Å². The summed E-state index contributed by atoms with van der Waals surface area (Å²) in [5, 5.41) is 0.985. The summed E-state index contributed by atoms with van der Waals surface area (Å²) in [5.41, 5.74) is 2.20. The molecular formula is C14H14N2O3. The first-order valence-corrected chi connectivity index (χ1v) is 6.23. The Morgan fingerprint density at radius 1 is 1.05 bits per heavy atom. The van der Waals surface area contributed by atoms with Gasteiger partial charge in [-0.1, -0.05) is 6.07 Å². The quantitative estimate of drug-likeness (QED) is 0.783. The molecule has 0 radical (unpaired) electrons. The van der Waals surface area contributed by atoms with Crippen molar-refractivity contribution in [2.24, 2.45) is 0 Å². The van der Waals surface area contributed by atoms with E-state index in [1.54, 1.807) is 11.2 Å². The molecule has 1 aliphatic rings. The summed E-state index contributed by atoms with van der Waals surface area (Å²) in [6, 6.07) is 5.58. The van der Waals surface area contributed by atoms with E-state index in [9.17, 15) is 9.59 Å². The molecule has 0 bridgehead atoms. The van der Waals surface area contributed by atoms with Crippen molar-refractivity contribution < 1.29 is 14.0 Å². The van der Waals surface area contributed by atoms with Gasteiger partial charge in [0.15, 0.2) is 11.9 Å². The Bertz CT molecular complexity index is 612. The third kappa shape index (κ3) is 1.97. The smallest absolute Gasteiger partial charge is 0.209 e. The number of carbonyl (C=O) groups excluding carboxylic acids is 2. The van der Waals surface area contributed by atoms with Gasteiger partial charge in [-0.3, -0.25) is 9.59 Å². The third-order valence-electron chi connectivity index (χ3n) is 3.53. The largest absolute Gasteiger partial charge is 0.462 e. The van der Waals surface area contributed by atoms with Crippen LogP contribution in [-0.2, 0) is 4.79 Å². The lowest BCUT2D eigenvalue weighted by Crippen LogP contribution is -2.46. The Morgan fingerprint density at radius 2 is 1.84 bits per heavy atom. The molecule has 1 amide bonds. The molecule has 0 atom stereocenters. The molecule has 5 nitrogen and oxygen atoms in total. The number of hydrogen-bond acceptors (Lipinski definition) is 4. The van der Waals surface area contributed by atoms with Gasteiger partial charge in [0, 0.05) is 37.1 Å². The first-order chi connectivity index (χ1) is 9.33. The monoisotopic (exact) mass is 258 g/mol. The van der Waals surface area contributed by atoms with Gasteiger partial charge in [-0.05, 0) is 12.1 Å². The van der Waals surface area contributed by atoms with Crippen molar-refractivity contribution in [2.75, 3.05) is 31.1 Å². The first kappa shape index (κ1) is 11.8. The molecule has 1 aromatic carbocycles. The average molecular weight is 258 g/mol. The Morgan fingerprint density at radius 3 is 2.53 bits per heavy atom. The van der Waals surface area contributed by atoms with E-state index in [0.717, 1.165) is 29.4 Å². The van der Waals surface area contributed by atoms with Crippen molar-refractivity contribution in [3.8, 4) is 0 Å². The van der Waals surface area contributed by atoms with Gasteiger partial charge in [-0.25, -0.2) is 0 Å². The third-order valence-corrected chi connectivity index (χ3v) is 3.53. The Kier molecular flexibility index (Phi) is 2.95. The average Bonchev–Trinajstić information content (AvgIpc) is 2.94. The predicted molar refractivity (Wildman–Crippen MR) is 71.5 cm³/mol. The van der Waals surface area contributed by atoms with Gasteiger partial charge < -0.3 is 14.2 Å². The van der Waals surface area contributed by atoms with Crippen LogP contribution in [0.1, 0.15) is 10.4 Å². The van der Waals surface area contributed by atoms with Gasteiger partial charge in [0.05, 0.1) is 12.0 Å². The van der Waals surface area contributed by atoms with E-state index in [2.05, 4.69) is 4.90 Å². The van der Waals surface area contributed by atoms with Crippen LogP contribution in [0.3, 0.4) is 0 Å². The lowest BCUT2D eigenvalue weighted by molar-refractivity contribution is -0.118. The standard InChI is InChI=1S/C14H14N2O3/c17-9-12-2-1-11-3-8-19-14(11)13(12)16-6-4-15(10-18)5-7-16/h1-3,8-10H,4-7H2. The molecule has 0 N–H and O–H groups in total. The second-order valence-corrected chi connectivity index (χ2v) is 4.59. The Balaban J connectivity index is 2.01. The molecule has 0 aliphatic carbocycles. The van der Waals surface area contributed by atoms with Crippen LogP contribution in [-0.4, -0.2) is 43.8 Å². The van der Waals surface area contributed by atoms with Crippen LogP contribution in [0.4, 0.5) is 5.69 Å². The van der Waals surface area contributed by atoms with Crippen molar-refractivity contribution in [1.29, 1.82) is 0 Å². The van der Waals surface area contributed by atoms with E-state index in [4.69, 9.17) is 4.42 Å². The number of piperazine rings is 1. The van der Waals surface area contributed by atoms with Crippen molar-refractivity contribution in [3.63, 3.8) is 0 Å². The van der Waals surface area contributed by atoms with E-state index in [0.29, 0.717) is 31.7 Å². The molecule has 5 heteroatoms. The molecule has 0 unspecified atom stereocenters. The summed E-state index contributed by atoms with van der Waals surface area (Å²) in [5.74, 6) is 0. The molecule has 1 fully saturated rings. The molecule has 2 aromatic rings.